The fraction of sp³-hybridized carbons (Fsp3) is 0. The Kier molecular flexibility index (Phi) is 3.68. The van der Waals surface area contributed by atoms with Gasteiger partial charge in [0.2, 0.25) is 0 Å². The molecule has 3 heteroatoms. The molecule has 0 N–H and O–H groups in total. The minimum Gasteiger partial charge on any atom is -0.289 e. The number of allylic oxidation sites excluding steroid dienone is 1. The Labute approximate surface area is 105 Å². The highest BCUT2D eigenvalue weighted by molar-refractivity contribution is 6.30. The van der Waals surface area contributed by atoms with Gasteiger partial charge in [0, 0.05) is 23.0 Å². The normalized spacial score (nSPS) is 10.6. The molecule has 0 fully saturated rings. The number of aromatic nitrogens is 1. The van der Waals surface area contributed by atoms with E-state index in [1.807, 2.05) is 12.1 Å². The SMILES string of the molecule is O=C(/C=C/c1ccc(Cl)cc1)c1ccncc1. The lowest BCUT2D eigenvalue weighted by atomic mass is 10.1. The van der Waals surface area contributed by atoms with Crippen molar-refractivity contribution in [1.29, 1.82) is 0 Å². The summed E-state index contributed by atoms with van der Waals surface area (Å²) in [4.78, 5) is 15.6. The summed E-state index contributed by atoms with van der Waals surface area (Å²) in [7, 11) is 0. The Bertz CT molecular complexity index is 532. The van der Waals surface area contributed by atoms with Crippen molar-refractivity contribution in [3.63, 3.8) is 0 Å². The molecule has 0 aliphatic carbocycles. The van der Waals surface area contributed by atoms with Gasteiger partial charge in [-0.25, -0.2) is 0 Å². The monoisotopic (exact) mass is 243 g/mol. The van der Waals surface area contributed by atoms with Crippen molar-refractivity contribution >= 4 is 23.5 Å². The van der Waals surface area contributed by atoms with Gasteiger partial charge >= 0.3 is 0 Å². The zero-order chi connectivity index (χ0) is 12.1. The Morgan fingerprint density at radius 2 is 1.71 bits per heavy atom. The van der Waals surface area contributed by atoms with Crippen LogP contribution in [-0.4, -0.2) is 10.8 Å². The number of benzene rings is 1. The summed E-state index contributed by atoms with van der Waals surface area (Å²) in [6.45, 7) is 0. The highest BCUT2D eigenvalue weighted by atomic mass is 35.5. The summed E-state index contributed by atoms with van der Waals surface area (Å²) in [5, 5.41) is 0.683. The molecule has 2 aromatic rings. The van der Waals surface area contributed by atoms with Gasteiger partial charge in [-0.2, -0.15) is 0 Å². The first-order chi connectivity index (χ1) is 8.25. The number of rotatable bonds is 3. The number of halogens is 1. The highest BCUT2D eigenvalue weighted by Gasteiger charge is 1.99. The zero-order valence-electron chi connectivity index (χ0n) is 9.01. The quantitative estimate of drug-likeness (QED) is 0.609. The molecule has 0 amide bonds. The van der Waals surface area contributed by atoms with Crippen LogP contribution in [0.25, 0.3) is 6.08 Å². The molecule has 2 nitrogen and oxygen atoms in total. The van der Waals surface area contributed by atoms with Crippen LogP contribution in [0.15, 0.2) is 54.9 Å². The van der Waals surface area contributed by atoms with Gasteiger partial charge in [-0.05, 0) is 35.9 Å². The average Bonchev–Trinajstić information content (AvgIpc) is 2.39. The van der Waals surface area contributed by atoms with Crippen molar-refractivity contribution < 1.29 is 4.79 Å². The number of pyridine rings is 1. The van der Waals surface area contributed by atoms with E-state index in [9.17, 15) is 4.79 Å². The van der Waals surface area contributed by atoms with E-state index in [0.29, 0.717) is 10.6 Å². The van der Waals surface area contributed by atoms with Gasteiger partial charge in [-0.3, -0.25) is 9.78 Å². The van der Waals surface area contributed by atoms with E-state index in [1.165, 1.54) is 0 Å². The first-order valence-corrected chi connectivity index (χ1v) is 5.51. The van der Waals surface area contributed by atoms with Gasteiger partial charge in [0.15, 0.2) is 5.78 Å². The fourth-order valence-corrected chi connectivity index (χ4v) is 1.48. The van der Waals surface area contributed by atoms with E-state index in [4.69, 9.17) is 11.6 Å². The molecule has 84 valence electrons. The fourth-order valence-electron chi connectivity index (χ4n) is 1.36. The van der Waals surface area contributed by atoms with Crippen molar-refractivity contribution in [1.82, 2.24) is 4.98 Å². The first-order valence-electron chi connectivity index (χ1n) is 5.14. The number of carbonyl (C=O) groups is 1. The minimum absolute atomic E-state index is 0.0395. The van der Waals surface area contributed by atoms with E-state index in [0.717, 1.165) is 5.56 Å². The van der Waals surface area contributed by atoms with Crippen LogP contribution in [0.2, 0.25) is 5.02 Å². The summed E-state index contributed by atoms with van der Waals surface area (Å²) in [6, 6.07) is 10.7. The molecule has 17 heavy (non-hydrogen) atoms. The molecule has 0 saturated carbocycles. The lowest BCUT2D eigenvalue weighted by molar-refractivity contribution is 0.104. The Hall–Kier alpha value is -1.93. The van der Waals surface area contributed by atoms with Crippen LogP contribution in [0.4, 0.5) is 0 Å². The summed E-state index contributed by atoms with van der Waals surface area (Å²) >= 11 is 5.77. The molecule has 1 aromatic carbocycles. The maximum atomic E-state index is 11.7. The molecule has 0 radical (unpaired) electrons. The van der Waals surface area contributed by atoms with E-state index in [1.54, 1.807) is 48.8 Å². The van der Waals surface area contributed by atoms with Crippen LogP contribution < -0.4 is 0 Å². The van der Waals surface area contributed by atoms with Crippen molar-refractivity contribution in [3.8, 4) is 0 Å². The van der Waals surface area contributed by atoms with Crippen LogP contribution in [0.3, 0.4) is 0 Å². The largest absolute Gasteiger partial charge is 0.289 e. The van der Waals surface area contributed by atoms with Crippen LogP contribution >= 0.6 is 11.6 Å². The summed E-state index contributed by atoms with van der Waals surface area (Å²) in [6.07, 6.45) is 6.50. The number of hydrogen-bond acceptors (Lipinski definition) is 2. The third kappa shape index (κ3) is 3.26. The molecule has 0 bridgehead atoms. The van der Waals surface area contributed by atoms with Crippen molar-refractivity contribution in [2.45, 2.75) is 0 Å². The lowest BCUT2D eigenvalue weighted by Crippen LogP contribution is -1.93. The summed E-state index contributed by atoms with van der Waals surface area (Å²) in [5.74, 6) is -0.0395. The molecule has 0 aliphatic heterocycles. The van der Waals surface area contributed by atoms with Crippen LogP contribution in [0, 0.1) is 0 Å². The maximum Gasteiger partial charge on any atom is 0.185 e. The standard InChI is InChI=1S/C14H10ClNO/c15-13-4-1-11(2-5-13)3-6-14(17)12-7-9-16-10-8-12/h1-10H/b6-3+. The second-order valence-corrected chi connectivity index (χ2v) is 3.92. The maximum absolute atomic E-state index is 11.7. The van der Waals surface area contributed by atoms with E-state index in [2.05, 4.69) is 4.98 Å². The van der Waals surface area contributed by atoms with Gasteiger partial charge < -0.3 is 0 Å². The second-order valence-electron chi connectivity index (χ2n) is 3.49. The molecule has 1 heterocycles. The third-order valence-corrected chi connectivity index (χ3v) is 2.51. The molecular formula is C14H10ClNO. The summed E-state index contributed by atoms with van der Waals surface area (Å²) in [5.41, 5.74) is 1.57. The smallest absolute Gasteiger partial charge is 0.185 e. The predicted octanol–water partition coefficient (Wildman–Crippen LogP) is 3.63. The Morgan fingerprint density at radius 3 is 2.35 bits per heavy atom. The number of carbonyl (C=O) groups excluding carboxylic acids is 1. The van der Waals surface area contributed by atoms with Crippen LogP contribution in [0.1, 0.15) is 15.9 Å². The second kappa shape index (κ2) is 5.41. The van der Waals surface area contributed by atoms with Gasteiger partial charge in [0.05, 0.1) is 0 Å². The van der Waals surface area contributed by atoms with Crippen LogP contribution in [-0.2, 0) is 0 Å². The number of ketones is 1. The van der Waals surface area contributed by atoms with Crippen LogP contribution in [0.5, 0.6) is 0 Å². The molecule has 0 atom stereocenters. The molecule has 0 aliphatic rings. The van der Waals surface area contributed by atoms with E-state index in [-0.39, 0.29) is 5.78 Å². The number of hydrogen-bond donors (Lipinski definition) is 0. The first kappa shape index (κ1) is 11.6. The molecular weight excluding hydrogens is 234 g/mol. The molecule has 0 unspecified atom stereocenters. The van der Waals surface area contributed by atoms with E-state index < -0.39 is 0 Å². The molecule has 1 aromatic heterocycles. The van der Waals surface area contributed by atoms with Gasteiger partial charge in [-0.15, -0.1) is 0 Å². The minimum atomic E-state index is -0.0395. The lowest BCUT2D eigenvalue weighted by Gasteiger charge is -1.95. The van der Waals surface area contributed by atoms with Crippen molar-refractivity contribution in [2.75, 3.05) is 0 Å². The predicted molar refractivity (Wildman–Crippen MR) is 69.1 cm³/mol. The molecule has 2 rings (SSSR count). The molecule has 0 spiro atoms. The topological polar surface area (TPSA) is 30.0 Å². The van der Waals surface area contributed by atoms with Crippen molar-refractivity contribution in [3.05, 3.63) is 71.0 Å². The highest BCUT2D eigenvalue weighted by Crippen LogP contribution is 2.11. The Balaban J connectivity index is 2.11. The number of nitrogens with zero attached hydrogens (tertiary/aromatic N) is 1. The third-order valence-electron chi connectivity index (χ3n) is 2.26. The Morgan fingerprint density at radius 1 is 1.06 bits per heavy atom. The van der Waals surface area contributed by atoms with E-state index >= 15 is 0 Å². The zero-order valence-corrected chi connectivity index (χ0v) is 9.76. The van der Waals surface area contributed by atoms with Gasteiger partial charge in [-0.1, -0.05) is 29.8 Å². The average molecular weight is 244 g/mol. The van der Waals surface area contributed by atoms with Crippen molar-refractivity contribution in [2.24, 2.45) is 0 Å². The summed E-state index contributed by atoms with van der Waals surface area (Å²) < 4.78 is 0. The van der Waals surface area contributed by atoms with Gasteiger partial charge in [0.1, 0.15) is 0 Å². The molecule has 0 saturated heterocycles. The van der Waals surface area contributed by atoms with Gasteiger partial charge in [0.25, 0.3) is 0 Å².